The summed E-state index contributed by atoms with van der Waals surface area (Å²) in [6.07, 6.45) is -7.40. The Hall–Kier alpha value is -1.10. The fourth-order valence-electron chi connectivity index (χ4n) is 1.45. The van der Waals surface area contributed by atoms with E-state index in [9.17, 15) is 22.7 Å². The summed E-state index contributed by atoms with van der Waals surface area (Å²) in [6.45, 7) is 1.66. The third-order valence-corrected chi connectivity index (χ3v) is 2.23. The molecule has 16 heavy (non-hydrogen) atoms. The van der Waals surface area contributed by atoms with Crippen LogP contribution in [0.5, 0.6) is 0 Å². The lowest BCUT2D eigenvalue weighted by atomic mass is 10.0. The van der Waals surface area contributed by atoms with Gasteiger partial charge in [0.25, 0.3) is 0 Å². The van der Waals surface area contributed by atoms with Crippen molar-refractivity contribution in [3.63, 3.8) is 0 Å². The fourth-order valence-corrected chi connectivity index (χ4v) is 1.45. The predicted octanol–water partition coefficient (Wildman–Crippen LogP) is 2.99. The molecule has 0 heterocycles. The van der Waals surface area contributed by atoms with Gasteiger partial charge in [0.1, 0.15) is 5.82 Å². The Morgan fingerprint density at radius 3 is 2.50 bits per heavy atom. The highest BCUT2D eigenvalue weighted by atomic mass is 19.4. The monoisotopic (exact) mass is 236 g/mol. The van der Waals surface area contributed by atoms with Crippen LogP contribution in [0.4, 0.5) is 17.6 Å². The highest BCUT2D eigenvalue weighted by Crippen LogP contribution is 2.23. The van der Waals surface area contributed by atoms with Crippen molar-refractivity contribution in [2.75, 3.05) is 0 Å². The minimum absolute atomic E-state index is 0.191. The number of benzene rings is 1. The highest BCUT2D eigenvalue weighted by molar-refractivity contribution is 5.27. The van der Waals surface area contributed by atoms with Gasteiger partial charge in [0.15, 0.2) is 0 Å². The molecule has 5 heteroatoms. The average Bonchev–Trinajstić information content (AvgIpc) is 2.08. The Kier molecular flexibility index (Phi) is 3.91. The molecule has 0 aliphatic rings. The summed E-state index contributed by atoms with van der Waals surface area (Å²) < 4.78 is 48.7. The van der Waals surface area contributed by atoms with Crippen LogP contribution in [-0.4, -0.2) is 17.4 Å². The van der Waals surface area contributed by atoms with Gasteiger partial charge >= 0.3 is 6.18 Å². The standard InChI is InChI=1S/C11H12F4O/c1-7-2-3-9(12)4-8(7)5-10(16)6-11(13,14)15/h2-4,10,16H,5-6H2,1H3. The Balaban J connectivity index is 2.69. The molecular formula is C11H12F4O. The first-order chi connectivity index (χ1) is 7.28. The van der Waals surface area contributed by atoms with Crippen LogP contribution in [0, 0.1) is 12.7 Å². The Morgan fingerprint density at radius 1 is 1.31 bits per heavy atom. The molecular weight excluding hydrogens is 224 g/mol. The van der Waals surface area contributed by atoms with Crippen molar-refractivity contribution < 1.29 is 22.7 Å². The van der Waals surface area contributed by atoms with Gasteiger partial charge in [0, 0.05) is 0 Å². The van der Waals surface area contributed by atoms with E-state index in [2.05, 4.69) is 0 Å². The van der Waals surface area contributed by atoms with Crippen molar-refractivity contribution in [2.24, 2.45) is 0 Å². The minimum Gasteiger partial charge on any atom is -0.392 e. The zero-order chi connectivity index (χ0) is 12.3. The van der Waals surface area contributed by atoms with Crippen molar-refractivity contribution in [1.29, 1.82) is 0 Å². The summed E-state index contributed by atoms with van der Waals surface area (Å²) in [5.41, 5.74) is 1.07. The molecule has 0 fully saturated rings. The zero-order valence-electron chi connectivity index (χ0n) is 8.68. The topological polar surface area (TPSA) is 20.2 Å². The third kappa shape index (κ3) is 4.18. The van der Waals surface area contributed by atoms with Crippen molar-refractivity contribution in [1.82, 2.24) is 0 Å². The Morgan fingerprint density at radius 2 is 1.94 bits per heavy atom. The number of aliphatic hydroxyl groups is 1. The molecule has 0 amide bonds. The van der Waals surface area contributed by atoms with Crippen LogP contribution in [0.3, 0.4) is 0 Å². The lowest BCUT2D eigenvalue weighted by molar-refractivity contribution is -0.153. The predicted molar refractivity (Wildman–Crippen MR) is 51.5 cm³/mol. The van der Waals surface area contributed by atoms with Crippen LogP contribution in [0.25, 0.3) is 0 Å². The van der Waals surface area contributed by atoms with Crippen molar-refractivity contribution in [3.05, 3.63) is 35.1 Å². The summed E-state index contributed by atoms with van der Waals surface area (Å²) in [4.78, 5) is 0. The average molecular weight is 236 g/mol. The molecule has 1 atom stereocenters. The number of alkyl halides is 3. The van der Waals surface area contributed by atoms with Gasteiger partial charge in [0.05, 0.1) is 12.5 Å². The van der Waals surface area contributed by atoms with Gasteiger partial charge in [0.2, 0.25) is 0 Å². The number of hydrogen-bond donors (Lipinski definition) is 1. The molecule has 0 aliphatic carbocycles. The van der Waals surface area contributed by atoms with Crippen molar-refractivity contribution >= 4 is 0 Å². The number of hydrogen-bond acceptors (Lipinski definition) is 1. The third-order valence-electron chi connectivity index (χ3n) is 2.23. The molecule has 1 aromatic rings. The van der Waals surface area contributed by atoms with Gasteiger partial charge in [-0.1, -0.05) is 6.07 Å². The molecule has 1 N–H and O–H groups in total. The quantitative estimate of drug-likeness (QED) is 0.800. The number of aryl methyl sites for hydroxylation is 1. The van der Waals surface area contributed by atoms with Crippen LogP contribution in [-0.2, 0) is 6.42 Å². The van der Waals surface area contributed by atoms with Crippen LogP contribution < -0.4 is 0 Å². The number of rotatable bonds is 3. The molecule has 0 spiro atoms. The normalized spacial score (nSPS) is 13.9. The van der Waals surface area contributed by atoms with Gasteiger partial charge in [-0.25, -0.2) is 4.39 Å². The second-order valence-corrected chi connectivity index (χ2v) is 3.75. The maximum Gasteiger partial charge on any atom is 0.391 e. The Labute approximate surface area is 90.7 Å². The highest BCUT2D eigenvalue weighted by Gasteiger charge is 2.31. The fraction of sp³-hybridized carbons (Fsp3) is 0.455. The van der Waals surface area contributed by atoms with E-state index in [1.807, 2.05) is 0 Å². The largest absolute Gasteiger partial charge is 0.392 e. The summed E-state index contributed by atoms with van der Waals surface area (Å²) in [5, 5.41) is 9.21. The molecule has 1 unspecified atom stereocenters. The van der Waals surface area contributed by atoms with E-state index in [0.717, 1.165) is 6.07 Å². The van der Waals surface area contributed by atoms with Crippen LogP contribution >= 0.6 is 0 Å². The first-order valence-electron chi connectivity index (χ1n) is 4.78. The van der Waals surface area contributed by atoms with Gasteiger partial charge in [-0.05, 0) is 36.6 Å². The lowest BCUT2D eigenvalue weighted by Crippen LogP contribution is -2.21. The molecule has 1 rings (SSSR count). The summed E-state index contributed by atoms with van der Waals surface area (Å²) in [7, 11) is 0. The first-order valence-corrected chi connectivity index (χ1v) is 4.78. The maximum absolute atomic E-state index is 12.8. The van der Waals surface area contributed by atoms with E-state index in [0.29, 0.717) is 11.1 Å². The second kappa shape index (κ2) is 4.82. The first kappa shape index (κ1) is 13.0. The SMILES string of the molecule is Cc1ccc(F)cc1CC(O)CC(F)(F)F. The summed E-state index contributed by atoms with van der Waals surface area (Å²) in [6, 6.07) is 3.86. The zero-order valence-corrected chi connectivity index (χ0v) is 8.68. The molecule has 90 valence electrons. The lowest BCUT2D eigenvalue weighted by Gasteiger charge is -2.14. The van der Waals surface area contributed by atoms with E-state index >= 15 is 0 Å². The van der Waals surface area contributed by atoms with Gasteiger partial charge < -0.3 is 5.11 Å². The van der Waals surface area contributed by atoms with Crippen LogP contribution in [0.1, 0.15) is 17.5 Å². The van der Waals surface area contributed by atoms with E-state index in [-0.39, 0.29) is 6.42 Å². The van der Waals surface area contributed by atoms with E-state index in [4.69, 9.17) is 0 Å². The second-order valence-electron chi connectivity index (χ2n) is 3.75. The van der Waals surface area contributed by atoms with Gasteiger partial charge in [-0.2, -0.15) is 13.2 Å². The minimum atomic E-state index is -4.40. The molecule has 0 aromatic heterocycles. The summed E-state index contributed by atoms with van der Waals surface area (Å²) in [5.74, 6) is -0.514. The maximum atomic E-state index is 12.8. The van der Waals surface area contributed by atoms with Crippen LogP contribution in [0.15, 0.2) is 18.2 Å². The van der Waals surface area contributed by atoms with Crippen molar-refractivity contribution in [3.8, 4) is 0 Å². The van der Waals surface area contributed by atoms with Gasteiger partial charge in [-0.3, -0.25) is 0 Å². The van der Waals surface area contributed by atoms with E-state index in [1.54, 1.807) is 6.92 Å². The Bertz CT molecular complexity index is 359. The van der Waals surface area contributed by atoms with E-state index in [1.165, 1.54) is 12.1 Å². The molecule has 0 bridgehead atoms. The molecule has 0 radical (unpaired) electrons. The molecule has 0 saturated carbocycles. The molecule has 0 aliphatic heterocycles. The summed E-state index contributed by atoms with van der Waals surface area (Å²) >= 11 is 0. The van der Waals surface area contributed by atoms with Crippen molar-refractivity contribution in [2.45, 2.75) is 32.0 Å². The molecule has 0 saturated heterocycles. The van der Waals surface area contributed by atoms with E-state index < -0.39 is 24.5 Å². The number of halogens is 4. The smallest absolute Gasteiger partial charge is 0.391 e. The molecule has 1 aromatic carbocycles. The van der Waals surface area contributed by atoms with Crippen LogP contribution in [0.2, 0.25) is 0 Å². The van der Waals surface area contributed by atoms with Gasteiger partial charge in [-0.15, -0.1) is 0 Å². The molecule has 1 nitrogen and oxygen atoms in total. The number of aliphatic hydroxyl groups excluding tert-OH is 1.